The second kappa shape index (κ2) is 2.85. The molecule has 0 aliphatic carbocycles. The van der Waals surface area contributed by atoms with Gasteiger partial charge in [0.1, 0.15) is 0 Å². The van der Waals surface area contributed by atoms with Crippen LogP contribution >= 0.6 is 0 Å². The van der Waals surface area contributed by atoms with E-state index < -0.39 is 0 Å². The molecule has 0 aromatic heterocycles. The average molecular weight is 111 g/mol. The molecule has 0 aromatic rings. The highest BCUT2D eigenvalue weighted by atomic mass is 14.8. The van der Waals surface area contributed by atoms with Crippen LogP contribution in [0.1, 0.15) is 32.6 Å². The molecular formula is C7H13N. The molecule has 0 N–H and O–H groups in total. The van der Waals surface area contributed by atoms with Gasteiger partial charge in [0.25, 0.3) is 0 Å². The zero-order chi connectivity index (χ0) is 5.82. The third kappa shape index (κ3) is 1.32. The zero-order valence-electron chi connectivity index (χ0n) is 5.48. The summed E-state index contributed by atoms with van der Waals surface area (Å²) >= 11 is 0. The Labute approximate surface area is 50.8 Å². The summed E-state index contributed by atoms with van der Waals surface area (Å²) in [4.78, 5) is 4.34. The van der Waals surface area contributed by atoms with Gasteiger partial charge in [0.15, 0.2) is 0 Å². The van der Waals surface area contributed by atoms with Gasteiger partial charge in [-0.2, -0.15) is 0 Å². The van der Waals surface area contributed by atoms with Crippen LogP contribution in [0.2, 0.25) is 0 Å². The van der Waals surface area contributed by atoms with E-state index in [1.807, 2.05) is 0 Å². The Balaban J connectivity index is 2.23. The van der Waals surface area contributed by atoms with Crippen molar-refractivity contribution >= 4 is 5.71 Å². The summed E-state index contributed by atoms with van der Waals surface area (Å²) in [6.45, 7) is 3.30. The first kappa shape index (κ1) is 5.80. The van der Waals surface area contributed by atoms with Crippen LogP contribution < -0.4 is 0 Å². The molecular weight excluding hydrogens is 98.1 g/mol. The van der Waals surface area contributed by atoms with Crippen molar-refractivity contribution in [2.45, 2.75) is 32.6 Å². The lowest BCUT2D eigenvalue weighted by Crippen LogP contribution is -1.89. The van der Waals surface area contributed by atoms with E-state index >= 15 is 0 Å². The summed E-state index contributed by atoms with van der Waals surface area (Å²) in [6.07, 6.45) is 5.07. The Bertz CT molecular complexity index is 94.6. The summed E-state index contributed by atoms with van der Waals surface area (Å²) in [7, 11) is 0. The molecule has 1 aliphatic rings. The quantitative estimate of drug-likeness (QED) is 0.517. The van der Waals surface area contributed by atoms with E-state index in [4.69, 9.17) is 0 Å². The van der Waals surface area contributed by atoms with Crippen molar-refractivity contribution in [3.63, 3.8) is 0 Å². The van der Waals surface area contributed by atoms with Crippen molar-refractivity contribution in [1.29, 1.82) is 0 Å². The highest BCUT2D eigenvalue weighted by Crippen LogP contribution is 2.07. The van der Waals surface area contributed by atoms with Gasteiger partial charge in [0.2, 0.25) is 0 Å². The van der Waals surface area contributed by atoms with Crippen molar-refractivity contribution < 1.29 is 0 Å². The van der Waals surface area contributed by atoms with Crippen molar-refractivity contribution in [2.24, 2.45) is 4.99 Å². The summed E-state index contributed by atoms with van der Waals surface area (Å²) in [5, 5.41) is 0. The van der Waals surface area contributed by atoms with E-state index in [9.17, 15) is 0 Å². The molecule has 0 atom stereocenters. The van der Waals surface area contributed by atoms with Crippen LogP contribution in [0.15, 0.2) is 4.99 Å². The number of aliphatic imine (C=N–C) groups is 1. The van der Waals surface area contributed by atoms with Gasteiger partial charge < -0.3 is 0 Å². The first-order valence-electron chi connectivity index (χ1n) is 3.45. The minimum Gasteiger partial charge on any atom is -0.294 e. The Morgan fingerprint density at radius 3 is 3.00 bits per heavy atom. The summed E-state index contributed by atoms with van der Waals surface area (Å²) in [5.74, 6) is 0. The number of rotatable bonds is 2. The molecule has 0 saturated carbocycles. The van der Waals surface area contributed by atoms with Gasteiger partial charge in [-0.05, 0) is 19.3 Å². The lowest BCUT2D eigenvalue weighted by atomic mass is 10.2. The fraction of sp³-hybridized carbons (Fsp3) is 0.857. The van der Waals surface area contributed by atoms with Crippen LogP contribution in [0, 0.1) is 0 Å². The Kier molecular flexibility index (Phi) is 2.07. The number of hydrogen-bond acceptors (Lipinski definition) is 1. The molecule has 0 unspecified atom stereocenters. The minimum atomic E-state index is 1.09. The van der Waals surface area contributed by atoms with Gasteiger partial charge in [-0.25, -0.2) is 0 Å². The van der Waals surface area contributed by atoms with E-state index in [1.54, 1.807) is 0 Å². The fourth-order valence-electron chi connectivity index (χ4n) is 1.09. The highest BCUT2D eigenvalue weighted by molar-refractivity contribution is 5.85. The molecule has 0 aromatic carbocycles. The molecule has 1 aliphatic heterocycles. The van der Waals surface area contributed by atoms with Crippen LogP contribution in [0.3, 0.4) is 0 Å². The largest absolute Gasteiger partial charge is 0.294 e. The monoisotopic (exact) mass is 111 g/mol. The molecule has 46 valence electrons. The summed E-state index contributed by atoms with van der Waals surface area (Å²) < 4.78 is 0. The van der Waals surface area contributed by atoms with Crippen molar-refractivity contribution in [1.82, 2.24) is 0 Å². The topological polar surface area (TPSA) is 12.4 Å². The lowest BCUT2D eigenvalue weighted by Gasteiger charge is -1.91. The minimum absolute atomic E-state index is 1.09. The second-order valence-electron chi connectivity index (χ2n) is 2.30. The normalized spacial score (nSPS) is 18.9. The van der Waals surface area contributed by atoms with Crippen LogP contribution in [-0.4, -0.2) is 12.3 Å². The molecule has 0 saturated heterocycles. The van der Waals surface area contributed by atoms with E-state index in [-0.39, 0.29) is 0 Å². The first-order valence-corrected chi connectivity index (χ1v) is 3.45. The van der Waals surface area contributed by atoms with Gasteiger partial charge in [0, 0.05) is 12.3 Å². The molecule has 1 nitrogen and oxygen atoms in total. The maximum absolute atomic E-state index is 4.34. The molecule has 0 fully saturated rings. The predicted molar refractivity (Wildman–Crippen MR) is 36.4 cm³/mol. The molecule has 1 heteroatoms. The average Bonchev–Trinajstić information content (AvgIpc) is 2.19. The third-order valence-corrected chi connectivity index (χ3v) is 1.50. The van der Waals surface area contributed by atoms with E-state index in [2.05, 4.69) is 11.9 Å². The molecule has 0 radical (unpaired) electrons. The van der Waals surface area contributed by atoms with Crippen LogP contribution in [-0.2, 0) is 0 Å². The summed E-state index contributed by atoms with van der Waals surface area (Å²) in [6, 6.07) is 0. The standard InChI is InChI=1S/C7H13N/c1-2-4-7-5-3-6-8-7/h2-6H2,1H3. The van der Waals surface area contributed by atoms with Crippen LogP contribution in [0.4, 0.5) is 0 Å². The van der Waals surface area contributed by atoms with Crippen LogP contribution in [0.25, 0.3) is 0 Å². The van der Waals surface area contributed by atoms with E-state index in [1.165, 1.54) is 31.4 Å². The maximum Gasteiger partial charge on any atom is 0.0392 e. The van der Waals surface area contributed by atoms with Crippen molar-refractivity contribution in [3.05, 3.63) is 0 Å². The first-order chi connectivity index (χ1) is 3.93. The lowest BCUT2D eigenvalue weighted by molar-refractivity contribution is 0.936. The smallest absolute Gasteiger partial charge is 0.0392 e. The predicted octanol–water partition coefficient (Wildman–Crippen LogP) is 2.02. The molecule has 0 amide bonds. The molecule has 0 spiro atoms. The maximum atomic E-state index is 4.34. The Hall–Kier alpha value is -0.330. The number of nitrogens with zero attached hydrogens (tertiary/aromatic N) is 1. The van der Waals surface area contributed by atoms with Gasteiger partial charge in [-0.3, -0.25) is 4.99 Å². The van der Waals surface area contributed by atoms with Crippen molar-refractivity contribution in [2.75, 3.05) is 6.54 Å². The van der Waals surface area contributed by atoms with E-state index in [0.717, 1.165) is 6.54 Å². The third-order valence-electron chi connectivity index (χ3n) is 1.50. The SMILES string of the molecule is CCCC1=NCCC1. The highest BCUT2D eigenvalue weighted by Gasteiger charge is 2.02. The fourth-order valence-corrected chi connectivity index (χ4v) is 1.09. The molecule has 1 heterocycles. The zero-order valence-corrected chi connectivity index (χ0v) is 5.48. The van der Waals surface area contributed by atoms with Gasteiger partial charge >= 0.3 is 0 Å². The molecule has 0 bridgehead atoms. The Morgan fingerprint density at radius 1 is 1.62 bits per heavy atom. The van der Waals surface area contributed by atoms with Gasteiger partial charge in [0.05, 0.1) is 0 Å². The molecule has 1 rings (SSSR count). The van der Waals surface area contributed by atoms with Crippen LogP contribution in [0.5, 0.6) is 0 Å². The molecule has 8 heavy (non-hydrogen) atoms. The van der Waals surface area contributed by atoms with Crippen molar-refractivity contribution in [3.8, 4) is 0 Å². The second-order valence-corrected chi connectivity index (χ2v) is 2.30. The summed E-state index contributed by atoms with van der Waals surface area (Å²) in [5.41, 5.74) is 1.45. The Morgan fingerprint density at radius 2 is 2.50 bits per heavy atom. The van der Waals surface area contributed by atoms with Gasteiger partial charge in [-0.1, -0.05) is 13.3 Å². The van der Waals surface area contributed by atoms with Gasteiger partial charge in [-0.15, -0.1) is 0 Å². The van der Waals surface area contributed by atoms with E-state index in [0.29, 0.717) is 0 Å². The number of hydrogen-bond donors (Lipinski definition) is 0.